The van der Waals surface area contributed by atoms with Crippen molar-refractivity contribution in [2.75, 3.05) is 26.7 Å². The number of carbonyl (C=O) groups excluding carboxylic acids is 3. The molecule has 1 aromatic rings. The van der Waals surface area contributed by atoms with Gasteiger partial charge in [-0.05, 0) is 44.0 Å². The molecule has 0 bridgehead atoms. The van der Waals surface area contributed by atoms with Crippen molar-refractivity contribution in [2.45, 2.75) is 31.3 Å². The average Bonchev–Trinajstić information content (AvgIpc) is 3.23. The van der Waals surface area contributed by atoms with E-state index in [2.05, 4.69) is 16.0 Å². The molecule has 2 fully saturated rings. The lowest BCUT2D eigenvalue weighted by Gasteiger charge is -2.22. The summed E-state index contributed by atoms with van der Waals surface area (Å²) in [6.45, 7) is 2.80. The molecule has 2 heterocycles. The van der Waals surface area contributed by atoms with Gasteiger partial charge in [0, 0.05) is 12.6 Å². The quantitative estimate of drug-likeness (QED) is 0.635. The first-order chi connectivity index (χ1) is 12.4. The lowest BCUT2D eigenvalue weighted by molar-refractivity contribution is -0.134. The van der Waals surface area contributed by atoms with Gasteiger partial charge in [0.1, 0.15) is 17.8 Å². The number of hydrogen-bond acceptors (Lipinski definition) is 5. The molecule has 4 amide bonds. The van der Waals surface area contributed by atoms with Crippen molar-refractivity contribution in [1.29, 1.82) is 0 Å². The van der Waals surface area contributed by atoms with Crippen LogP contribution in [-0.2, 0) is 15.1 Å². The molecule has 8 nitrogen and oxygen atoms in total. The summed E-state index contributed by atoms with van der Waals surface area (Å²) >= 11 is 0. The summed E-state index contributed by atoms with van der Waals surface area (Å²) in [7, 11) is 1.56. The largest absolute Gasteiger partial charge is 0.497 e. The van der Waals surface area contributed by atoms with Gasteiger partial charge in [-0.15, -0.1) is 0 Å². The predicted octanol–water partition coefficient (Wildman–Crippen LogP) is 0.330. The van der Waals surface area contributed by atoms with Gasteiger partial charge in [-0.25, -0.2) is 4.79 Å². The Bertz CT molecular complexity index is 700. The Hall–Kier alpha value is -2.61. The number of methoxy groups -OCH3 is 1. The van der Waals surface area contributed by atoms with E-state index >= 15 is 0 Å². The molecule has 2 aliphatic heterocycles. The Morgan fingerprint density at radius 1 is 1.35 bits per heavy atom. The molecule has 8 heteroatoms. The van der Waals surface area contributed by atoms with Crippen molar-refractivity contribution in [3.05, 3.63) is 29.8 Å². The number of nitrogens with zero attached hydrogens (tertiary/aromatic N) is 1. The van der Waals surface area contributed by atoms with Crippen LogP contribution >= 0.6 is 0 Å². The Morgan fingerprint density at radius 3 is 2.69 bits per heavy atom. The minimum atomic E-state index is -1.20. The molecule has 1 aromatic carbocycles. The SMILES string of the molecule is COc1ccc(C2(C)NC(=O)N(CC(=O)NCC3CCCN3)C2=O)cc1. The van der Waals surface area contributed by atoms with Gasteiger partial charge in [0.05, 0.1) is 7.11 Å². The van der Waals surface area contributed by atoms with Gasteiger partial charge in [0.2, 0.25) is 5.91 Å². The molecule has 140 valence electrons. The Balaban J connectivity index is 1.64. The van der Waals surface area contributed by atoms with Crippen LogP contribution in [0.5, 0.6) is 5.75 Å². The van der Waals surface area contributed by atoms with Crippen molar-refractivity contribution in [3.63, 3.8) is 0 Å². The number of urea groups is 1. The molecule has 2 aliphatic rings. The van der Waals surface area contributed by atoms with Crippen LogP contribution in [0, 0.1) is 0 Å². The average molecular weight is 360 g/mol. The van der Waals surface area contributed by atoms with Gasteiger partial charge < -0.3 is 20.7 Å². The van der Waals surface area contributed by atoms with Gasteiger partial charge in [0.25, 0.3) is 5.91 Å². The van der Waals surface area contributed by atoms with Crippen molar-refractivity contribution < 1.29 is 19.1 Å². The molecule has 2 saturated heterocycles. The van der Waals surface area contributed by atoms with Crippen molar-refractivity contribution in [1.82, 2.24) is 20.9 Å². The highest BCUT2D eigenvalue weighted by atomic mass is 16.5. The number of nitrogens with one attached hydrogen (secondary N) is 3. The number of hydrogen-bond donors (Lipinski definition) is 3. The molecule has 26 heavy (non-hydrogen) atoms. The maximum atomic E-state index is 12.8. The van der Waals surface area contributed by atoms with Gasteiger partial charge >= 0.3 is 6.03 Å². The monoisotopic (exact) mass is 360 g/mol. The fourth-order valence-electron chi connectivity index (χ4n) is 3.33. The van der Waals surface area contributed by atoms with E-state index < -0.39 is 17.5 Å². The highest BCUT2D eigenvalue weighted by Gasteiger charge is 2.49. The predicted molar refractivity (Wildman–Crippen MR) is 94.6 cm³/mol. The summed E-state index contributed by atoms with van der Waals surface area (Å²) in [6.07, 6.45) is 2.10. The lowest BCUT2D eigenvalue weighted by atomic mass is 9.92. The second-order valence-electron chi connectivity index (χ2n) is 6.77. The fraction of sp³-hybridized carbons (Fsp3) is 0.500. The van der Waals surface area contributed by atoms with Crippen LogP contribution in [0.3, 0.4) is 0 Å². The van der Waals surface area contributed by atoms with E-state index in [4.69, 9.17) is 4.74 Å². The maximum absolute atomic E-state index is 12.8. The van der Waals surface area contributed by atoms with E-state index in [1.165, 1.54) is 0 Å². The zero-order valence-corrected chi connectivity index (χ0v) is 15.0. The highest BCUT2D eigenvalue weighted by Crippen LogP contribution is 2.29. The normalized spacial score (nSPS) is 25.3. The zero-order valence-electron chi connectivity index (χ0n) is 15.0. The first-order valence-corrected chi connectivity index (χ1v) is 8.73. The van der Waals surface area contributed by atoms with Crippen LogP contribution in [-0.4, -0.2) is 55.5 Å². The van der Waals surface area contributed by atoms with Crippen molar-refractivity contribution >= 4 is 17.8 Å². The van der Waals surface area contributed by atoms with E-state index in [9.17, 15) is 14.4 Å². The topological polar surface area (TPSA) is 99.8 Å². The van der Waals surface area contributed by atoms with Crippen LogP contribution in [0.1, 0.15) is 25.3 Å². The second-order valence-corrected chi connectivity index (χ2v) is 6.77. The molecule has 0 aromatic heterocycles. The number of imide groups is 1. The third-order valence-electron chi connectivity index (χ3n) is 4.95. The summed E-state index contributed by atoms with van der Waals surface area (Å²) in [6, 6.07) is 6.60. The zero-order chi connectivity index (χ0) is 18.7. The van der Waals surface area contributed by atoms with Crippen LogP contribution in [0.2, 0.25) is 0 Å². The smallest absolute Gasteiger partial charge is 0.325 e. The molecule has 3 rings (SSSR count). The number of amides is 4. The summed E-state index contributed by atoms with van der Waals surface area (Å²) in [5.41, 5.74) is -0.564. The van der Waals surface area contributed by atoms with Gasteiger partial charge in [-0.1, -0.05) is 12.1 Å². The number of carbonyl (C=O) groups is 3. The van der Waals surface area contributed by atoms with Crippen molar-refractivity contribution in [2.24, 2.45) is 0 Å². The molecule has 0 radical (unpaired) electrons. The van der Waals surface area contributed by atoms with Crippen LogP contribution in [0.25, 0.3) is 0 Å². The Morgan fingerprint density at radius 2 is 2.08 bits per heavy atom. The minimum absolute atomic E-state index is 0.256. The molecular formula is C18H24N4O4. The molecule has 3 N–H and O–H groups in total. The second kappa shape index (κ2) is 7.33. The lowest BCUT2D eigenvalue weighted by Crippen LogP contribution is -2.45. The Kier molecular flexibility index (Phi) is 5.13. The van der Waals surface area contributed by atoms with Crippen LogP contribution in [0.15, 0.2) is 24.3 Å². The van der Waals surface area contributed by atoms with Gasteiger partial charge in [-0.2, -0.15) is 0 Å². The number of benzene rings is 1. The maximum Gasteiger partial charge on any atom is 0.325 e. The number of rotatable bonds is 6. The molecule has 0 saturated carbocycles. The molecule has 0 aliphatic carbocycles. The first-order valence-electron chi connectivity index (χ1n) is 8.73. The van der Waals surface area contributed by atoms with E-state index in [0.29, 0.717) is 17.9 Å². The van der Waals surface area contributed by atoms with E-state index in [0.717, 1.165) is 24.3 Å². The van der Waals surface area contributed by atoms with Crippen LogP contribution < -0.4 is 20.7 Å². The minimum Gasteiger partial charge on any atom is -0.497 e. The molecular weight excluding hydrogens is 336 g/mol. The van der Waals surface area contributed by atoms with E-state index in [-0.39, 0.29) is 18.5 Å². The summed E-state index contributed by atoms with van der Waals surface area (Å²) < 4.78 is 5.11. The molecule has 0 spiro atoms. The molecule has 2 unspecified atom stereocenters. The van der Waals surface area contributed by atoms with E-state index in [1.807, 2.05) is 0 Å². The van der Waals surface area contributed by atoms with Gasteiger partial charge in [0.15, 0.2) is 0 Å². The first kappa shape index (κ1) is 18.2. The summed E-state index contributed by atoms with van der Waals surface area (Å²) in [4.78, 5) is 38.2. The fourth-order valence-corrected chi connectivity index (χ4v) is 3.33. The third-order valence-corrected chi connectivity index (χ3v) is 4.95. The van der Waals surface area contributed by atoms with E-state index in [1.54, 1.807) is 38.3 Å². The standard InChI is InChI=1S/C18H24N4O4/c1-18(12-5-7-14(26-2)8-6-12)16(24)22(17(25)21-18)11-15(23)20-10-13-4-3-9-19-13/h5-8,13,19H,3-4,9-11H2,1-2H3,(H,20,23)(H,21,25). The summed E-state index contributed by atoms with van der Waals surface area (Å²) in [5.74, 6) is -0.131. The highest BCUT2D eigenvalue weighted by molar-refractivity contribution is 6.09. The van der Waals surface area contributed by atoms with Gasteiger partial charge in [-0.3, -0.25) is 14.5 Å². The summed E-state index contributed by atoms with van der Waals surface area (Å²) in [5, 5.41) is 8.76. The molecule has 2 atom stereocenters. The third kappa shape index (κ3) is 3.50. The van der Waals surface area contributed by atoms with Crippen molar-refractivity contribution in [3.8, 4) is 5.75 Å². The number of ether oxygens (including phenoxy) is 1. The Labute approximate surface area is 152 Å². The van der Waals surface area contributed by atoms with Crippen LogP contribution in [0.4, 0.5) is 4.79 Å².